The monoisotopic (exact) mass is 281 g/mol. The molecule has 0 saturated heterocycles. The second kappa shape index (κ2) is 4.53. The Balaban J connectivity index is 1.98. The van der Waals surface area contributed by atoms with Crippen molar-refractivity contribution >= 4 is 28.5 Å². The van der Waals surface area contributed by atoms with Gasteiger partial charge in [0.25, 0.3) is 0 Å². The van der Waals surface area contributed by atoms with Crippen LogP contribution in [-0.4, -0.2) is 22.2 Å². The molecule has 1 aromatic heterocycles. The van der Waals surface area contributed by atoms with Gasteiger partial charge in [0, 0.05) is 27.5 Å². The van der Waals surface area contributed by atoms with Gasteiger partial charge in [-0.2, -0.15) is 0 Å². The van der Waals surface area contributed by atoms with Gasteiger partial charge < -0.3 is 10.1 Å². The Hall–Kier alpha value is -1.55. The predicted octanol–water partition coefficient (Wildman–Crippen LogP) is 3.35. The van der Waals surface area contributed by atoms with Crippen molar-refractivity contribution in [2.75, 3.05) is 0 Å². The number of hydrogen-bond acceptors (Lipinski definition) is 1. The number of aromatic nitrogens is 1. The number of benzene rings is 1. The smallest absolute Gasteiger partial charge is 0.338 e. The Kier molecular flexibility index (Phi) is 2.97. The predicted molar refractivity (Wildman–Crippen MR) is 71.4 cm³/mol. The van der Waals surface area contributed by atoms with Crippen LogP contribution in [0, 0.1) is 5.92 Å². The van der Waals surface area contributed by atoms with Crippen molar-refractivity contribution in [1.82, 2.24) is 4.98 Å². The SMILES string of the molecule is O=C(O)C(F)C1CCc2c([nH]c3ccc(Cl)cc23)C1. The number of carboxylic acid groups (broad SMARTS) is 1. The van der Waals surface area contributed by atoms with E-state index in [0.29, 0.717) is 24.3 Å². The van der Waals surface area contributed by atoms with Gasteiger partial charge in [-0.3, -0.25) is 0 Å². The number of halogens is 2. The van der Waals surface area contributed by atoms with Crippen molar-refractivity contribution in [3.05, 3.63) is 34.5 Å². The molecule has 1 heterocycles. The van der Waals surface area contributed by atoms with Crippen LogP contribution in [0.1, 0.15) is 17.7 Å². The number of rotatable bonds is 2. The Morgan fingerprint density at radius 3 is 3.05 bits per heavy atom. The van der Waals surface area contributed by atoms with Gasteiger partial charge in [0.15, 0.2) is 6.17 Å². The Morgan fingerprint density at radius 2 is 2.32 bits per heavy atom. The van der Waals surface area contributed by atoms with Crippen LogP contribution in [0.25, 0.3) is 10.9 Å². The summed E-state index contributed by atoms with van der Waals surface area (Å²) in [6, 6.07) is 5.60. The molecule has 0 saturated carbocycles. The lowest BCUT2D eigenvalue weighted by Crippen LogP contribution is -2.29. The molecule has 3 nitrogen and oxygen atoms in total. The third kappa shape index (κ3) is 2.10. The highest BCUT2D eigenvalue weighted by atomic mass is 35.5. The minimum Gasteiger partial charge on any atom is -0.479 e. The summed E-state index contributed by atoms with van der Waals surface area (Å²) in [6.07, 6.45) is -0.105. The lowest BCUT2D eigenvalue weighted by molar-refractivity contribution is -0.145. The minimum absolute atomic E-state index is 0.440. The number of aryl methyl sites for hydroxylation is 1. The van der Waals surface area contributed by atoms with Gasteiger partial charge in [0.05, 0.1) is 0 Å². The zero-order chi connectivity index (χ0) is 13.6. The highest BCUT2D eigenvalue weighted by Crippen LogP contribution is 2.34. The lowest BCUT2D eigenvalue weighted by Gasteiger charge is -2.23. The maximum Gasteiger partial charge on any atom is 0.338 e. The van der Waals surface area contributed by atoms with Crippen LogP contribution in [0.3, 0.4) is 0 Å². The molecule has 2 unspecified atom stereocenters. The molecule has 1 aliphatic rings. The van der Waals surface area contributed by atoms with Gasteiger partial charge in [0.2, 0.25) is 0 Å². The normalized spacial score (nSPS) is 20.2. The Bertz CT molecular complexity index is 652. The van der Waals surface area contributed by atoms with Crippen LogP contribution < -0.4 is 0 Å². The quantitative estimate of drug-likeness (QED) is 0.887. The molecule has 100 valence electrons. The average Bonchev–Trinajstić information content (AvgIpc) is 2.74. The topological polar surface area (TPSA) is 53.1 Å². The first-order chi connectivity index (χ1) is 9.06. The van der Waals surface area contributed by atoms with E-state index >= 15 is 0 Å². The number of carboxylic acids is 1. The number of aliphatic carboxylic acids is 1. The van der Waals surface area contributed by atoms with Gasteiger partial charge in [-0.15, -0.1) is 0 Å². The van der Waals surface area contributed by atoms with Crippen molar-refractivity contribution in [2.24, 2.45) is 5.92 Å². The fourth-order valence-electron chi connectivity index (χ4n) is 2.88. The number of fused-ring (bicyclic) bond motifs is 3. The summed E-state index contributed by atoms with van der Waals surface area (Å²) in [5.41, 5.74) is 3.06. The summed E-state index contributed by atoms with van der Waals surface area (Å²) in [5, 5.41) is 10.5. The lowest BCUT2D eigenvalue weighted by atomic mass is 9.84. The molecule has 2 atom stereocenters. The van der Waals surface area contributed by atoms with Gasteiger partial charge in [0.1, 0.15) is 0 Å². The molecular formula is C14H13ClFNO2. The summed E-state index contributed by atoms with van der Waals surface area (Å²) >= 11 is 5.99. The first-order valence-corrected chi connectivity index (χ1v) is 6.60. The van der Waals surface area contributed by atoms with E-state index in [1.807, 2.05) is 12.1 Å². The minimum atomic E-state index is -1.79. The van der Waals surface area contributed by atoms with E-state index in [1.54, 1.807) is 6.07 Å². The van der Waals surface area contributed by atoms with E-state index < -0.39 is 18.1 Å². The third-order valence-corrected chi connectivity index (χ3v) is 4.07. The molecule has 1 aliphatic carbocycles. The molecule has 0 fully saturated rings. The molecule has 0 spiro atoms. The zero-order valence-corrected chi connectivity index (χ0v) is 10.9. The summed E-state index contributed by atoms with van der Waals surface area (Å²) in [6.45, 7) is 0. The van der Waals surface area contributed by atoms with Gasteiger partial charge in [-0.1, -0.05) is 11.6 Å². The van der Waals surface area contributed by atoms with Gasteiger partial charge in [-0.05, 0) is 43.0 Å². The first kappa shape index (κ1) is 12.5. The zero-order valence-electron chi connectivity index (χ0n) is 10.1. The summed E-state index contributed by atoms with van der Waals surface area (Å²) in [4.78, 5) is 14.0. The van der Waals surface area contributed by atoms with Crippen molar-refractivity contribution < 1.29 is 14.3 Å². The second-order valence-electron chi connectivity index (χ2n) is 5.01. The summed E-state index contributed by atoms with van der Waals surface area (Å²) in [7, 11) is 0. The van der Waals surface area contributed by atoms with Crippen LogP contribution in [0.15, 0.2) is 18.2 Å². The van der Waals surface area contributed by atoms with Crippen molar-refractivity contribution in [3.63, 3.8) is 0 Å². The largest absolute Gasteiger partial charge is 0.479 e. The highest BCUT2D eigenvalue weighted by molar-refractivity contribution is 6.31. The van der Waals surface area contributed by atoms with E-state index in [0.717, 1.165) is 22.2 Å². The number of H-pyrrole nitrogens is 1. The Morgan fingerprint density at radius 1 is 1.53 bits per heavy atom. The number of nitrogens with one attached hydrogen (secondary N) is 1. The molecule has 1 aromatic carbocycles. The maximum absolute atomic E-state index is 13.6. The molecule has 0 aliphatic heterocycles. The van der Waals surface area contributed by atoms with Crippen molar-refractivity contribution in [1.29, 1.82) is 0 Å². The summed E-state index contributed by atoms with van der Waals surface area (Å²) in [5.74, 6) is -1.82. The van der Waals surface area contributed by atoms with Crippen LogP contribution in [0.4, 0.5) is 4.39 Å². The molecule has 19 heavy (non-hydrogen) atoms. The number of hydrogen-bond donors (Lipinski definition) is 2. The van der Waals surface area contributed by atoms with Crippen LogP contribution in [0.5, 0.6) is 0 Å². The maximum atomic E-state index is 13.6. The van der Waals surface area contributed by atoms with E-state index in [2.05, 4.69) is 4.98 Å². The van der Waals surface area contributed by atoms with Crippen LogP contribution >= 0.6 is 11.6 Å². The fourth-order valence-corrected chi connectivity index (χ4v) is 3.05. The number of carbonyl (C=O) groups is 1. The first-order valence-electron chi connectivity index (χ1n) is 6.22. The average molecular weight is 282 g/mol. The van der Waals surface area contributed by atoms with Gasteiger partial charge >= 0.3 is 5.97 Å². The fraction of sp³-hybridized carbons (Fsp3) is 0.357. The van der Waals surface area contributed by atoms with Crippen molar-refractivity contribution in [2.45, 2.75) is 25.4 Å². The van der Waals surface area contributed by atoms with E-state index in [4.69, 9.17) is 16.7 Å². The molecular weight excluding hydrogens is 269 g/mol. The number of aromatic amines is 1. The van der Waals surface area contributed by atoms with E-state index in [-0.39, 0.29) is 0 Å². The highest BCUT2D eigenvalue weighted by Gasteiger charge is 2.32. The standard InChI is InChI=1S/C14H13ClFNO2/c15-8-2-4-11-10(6-8)9-3-1-7(5-12(9)17-11)13(16)14(18)19/h2,4,6-7,13,17H,1,3,5H2,(H,18,19). The molecule has 5 heteroatoms. The number of alkyl halides is 1. The second-order valence-corrected chi connectivity index (χ2v) is 5.45. The molecule has 2 N–H and O–H groups in total. The van der Waals surface area contributed by atoms with Gasteiger partial charge in [-0.25, -0.2) is 9.18 Å². The van der Waals surface area contributed by atoms with Crippen LogP contribution in [-0.2, 0) is 17.6 Å². The molecule has 3 rings (SSSR count). The summed E-state index contributed by atoms with van der Waals surface area (Å²) < 4.78 is 13.6. The molecule has 2 aromatic rings. The van der Waals surface area contributed by atoms with Crippen molar-refractivity contribution in [3.8, 4) is 0 Å². The third-order valence-electron chi connectivity index (χ3n) is 3.84. The van der Waals surface area contributed by atoms with E-state index in [9.17, 15) is 9.18 Å². The molecule has 0 bridgehead atoms. The molecule has 0 radical (unpaired) electrons. The van der Waals surface area contributed by atoms with Crippen LogP contribution in [0.2, 0.25) is 5.02 Å². The Labute approximate surface area is 114 Å². The molecule has 0 amide bonds. The van der Waals surface area contributed by atoms with E-state index in [1.165, 1.54) is 0 Å².